The fourth-order valence-corrected chi connectivity index (χ4v) is 2.70. The molecule has 0 amide bonds. The third kappa shape index (κ3) is 5.05. The van der Waals surface area contributed by atoms with Crippen molar-refractivity contribution in [1.29, 1.82) is 0 Å². The predicted octanol–water partition coefficient (Wildman–Crippen LogP) is 5.23. The van der Waals surface area contributed by atoms with Gasteiger partial charge in [0.2, 0.25) is 0 Å². The molecule has 2 aromatic carbocycles. The minimum Gasteiger partial charge on any atom is -0.508 e. The van der Waals surface area contributed by atoms with E-state index in [0.717, 1.165) is 48.3 Å². The number of unbranched alkanes of at least 4 members (excludes halogenated alkanes) is 1. The predicted molar refractivity (Wildman–Crippen MR) is 98.9 cm³/mol. The third-order valence-corrected chi connectivity index (χ3v) is 4.02. The van der Waals surface area contributed by atoms with Gasteiger partial charge in [0.05, 0.1) is 14.2 Å². The van der Waals surface area contributed by atoms with Crippen molar-refractivity contribution in [3.63, 3.8) is 0 Å². The van der Waals surface area contributed by atoms with Gasteiger partial charge in [0.15, 0.2) is 0 Å². The first kappa shape index (κ1) is 17.9. The maximum Gasteiger partial charge on any atom is 0.122 e. The van der Waals surface area contributed by atoms with Crippen molar-refractivity contribution < 1.29 is 14.6 Å². The van der Waals surface area contributed by atoms with Crippen molar-refractivity contribution in [2.24, 2.45) is 0 Å². The molecule has 3 nitrogen and oxygen atoms in total. The molecule has 0 saturated carbocycles. The fraction of sp³-hybridized carbons (Fsp3) is 0.333. The summed E-state index contributed by atoms with van der Waals surface area (Å²) >= 11 is 0. The number of phenols is 1. The summed E-state index contributed by atoms with van der Waals surface area (Å²) < 4.78 is 10.6. The largest absolute Gasteiger partial charge is 0.508 e. The van der Waals surface area contributed by atoms with E-state index in [-0.39, 0.29) is 5.75 Å². The van der Waals surface area contributed by atoms with E-state index in [9.17, 15) is 5.11 Å². The van der Waals surface area contributed by atoms with Crippen LogP contribution in [-0.2, 0) is 6.42 Å². The van der Waals surface area contributed by atoms with Crippen molar-refractivity contribution in [2.45, 2.75) is 32.6 Å². The van der Waals surface area contributed by atoms with Crippen molar-refractivity contribution >= 4 is 6.08 Å². The third-order valence-electron chi connectivity index (χ3n) is 4.02. The lowest BCUT2D eigenvalue weighted by Crippen LogP contribution is -1.96. The lowest BCUT2D eigenvalue weighted by Gasteiger charge is -2.12. The van der Waals surface area contributed by atoms with Gasteiger partial charge >= 0.3 is 0 Å². The molecule has 0 atom stereocenters. The Hall–Kier alpha value is -2.42. The highest BCUT2D eigenvalue weighted by molar-refractivity contribution is 5.56. The summed E-state index contributed by atoms with van der Waals surface area (Å²) in [5.41, 5.74) is 3.49. The van der Waals surface area contributed by atoms with Gasteiger partial charge in [0, 0.05) is 5.56 Å². The molecule has 0 aliphatic rings. The van der Waals surface area contributed by atoms with E-state index in [1.807, 2.05) is 18.2 Å². The molecule has 24 heavy (non-hydrogen) atoms. The second-order valence-electron chi connectivity index (χ2n) is 5.85. The van der Waals surface area contributed by atoms with Crippen molar-refractivity contribution in [1.82, 2.24) is 0 Å². The quantitative estimate of drug-likeness (QED) is 0.722. The molecule has 2 aromatic rings. The van der Waals surface area contributed by atoms with Gasteiger partial charge in [-0.05, 0) is 55.2 Å². The zero-order valence-electron chi connectivity index (χ0n) is 14.7. The minimum absolute atomic E-state index is 0.269. The van der Waals surface area contributed by atoms with Crippen LogP contribution in [0.25, 0.3) is 6.08 Å². The zero-order chi connectivity index (χ0) is 17.4. The summed E-state index contributed by atoms with van der Waals surface area (Å²) in [6.45, 7) is 2.19. The number of rotatable bonds is 8. The summed E-state index contributed by atoms with van der Waals surface area (Å²) in [5, 5.41) is 9.78. The van der Waals surface area contributed by atoms with Crippen molar-refractivity contribution in [3.05, 3.63) is 59.2 Å². The molecular weight excluding hydrogens is 300 g/mol. The molecule has 0 aliphatic carbocycles. The first-order valence-electron chi connectivity index (χ1n) is 8.35. The van der Waals surface area contributed by atoms with E-state index in [1.54, 1.807) is 26.4 Å². The van der Waals surface area contributed by atoms with Gasteiger partial charge in [-0.3, -0.25) is 0 Å². The number of ether oxygens (including phenoxy) is 2. The van der Waals surface area contributed by atoms with Crippen molar-refractivity contribution in [2.75, 3.05) is 14.2 Å². The highest BCUT2D eigenvalue weighted by Gasteiger charge is 2.08. The molecule has 1 N–H and O–H groups in total. The number of hydrogen-bond donors (Lipinski definition) is 1. The van der Waals surface area contributed by atoms with Gasteiger partial charge in [-0.15, -0.1) is 0 Å². The number of hydrogen-bond acceptors (Lipinski definition) is 3. The summed E-state index contributed by atoms with van der Waals surface area (Å²) in [7, 11) is 3.33. The smallest absolute Gasteiger partial charge is 0.122 e. The number of methoxy groups -OCH3 is 2. The normalized spacial score (nSPS) is 11.4. The molecule has 0 fully saturated rings. The van der Waals surface area contributed by atoms with Gasteiger partial charge in [-0.2, -0.15) is 0 Å². The first-order chi connectivity index (χ1) is 11.7. The summed E-state index contributed by atoms with van der Waals surface area (Å²) in [5.74, 6) is 1.94. The standard InChI is InChI=1S/C21H26O3/c1-4-5-6-17(13-16-7-10-20(23-2)11-8-16)14-18-15-19(22)9-12-21(18)24-3/h7-13,15,22H,4-6,14H2,1-3H3/b17-13+. The highest BCUT2D eigenvalue weighted by atomic mass is 16.5. The molecule has 128 valence electrons. The van der Waals surface area contributed by atoms with E-state index in [2.05, 4.69) is 25.1 Å². The van der Waals surface area contributed by atoms with Crippen LogP contribution in [0.2, 0.25) is 0 Å². The number of benzene rings is 2. The van der Waals surface area contributed by atoms with E-state index in [0.29, 0.717) is 0 Å². The van der Waals surface area contributed by atoms with E-state index < -0.39 is 0 Å². The molecular formula is C21H26O3. The second kappa shape index (κ2) is 9.02. The van der Waals surface area contributed by atoms with Crippen LogP contribution in [0.1, 0.15) is 37.3 Å². The van der Waals surface area contributed by atoms with E-state index in [1.165, 1.54) is 5.57 Å². The molecule has 0 bridgehead atoms. The molecule has 0 saturated heterocycles. The Morgan fingerprint density at radius 3 is 2.42 bits per heavy atom. The second-order valence-corrected chi connectivity index (χ2v) is 5.85. The molecule has 0 spiro atoms. The topological polar surface area (TPSA) is 38.7 Å². The monoisotopic (exact) mass is 326 g/mol. The Labute approximate surface area is 144 Å². The van der Waals surface area contributed by atoms with Crippen LogP contribution in [0.15, 0.2) is 48.0 Å². The lowest BCUT2D eigenvalue weighted by molar-refractivity contribution is 0.407. The lowest BCUT2D eigenvalue weighted by atomic mass is 9.97. The Morgan fingerprint density at radius 2 is 1.79 bits per heavy atom. The van der Waals surface area contributed by atoms with Crippen LogP contribution >= 0.6 is 0 Å². The molecule has 0 unspecified atom stereocenters. The Balaban J connectivity index is 2.27. The van der Waals surface area contributed by atoms with Gasteiger partial charge in [0.25, 0.3) is 0 Å². The van der Waals surface area contributed by atoms with Crippen LogP contribution in [0.3, 0.4) is 0 Å². The van der Waals surface area contributed by atoms with Crippen LogP contribution in [0.5, 0.6) is 17.2 Å². The summed E-state index contributed by atoms with van der Waals surface area (Å²) in [6.07, 6.45) is 6.31. The fourth-order valence-electron chi connectivity index (χ4n) is 2.70. The Kier molecular flexibility index (Phi) is 6.74. The van der Waals surface area contributed by atoms with Gasteiger partial charge < -0.3 is 14.6 Å². The summed E-state index contributed by atoms with van der Waals surface area (Å²) in [6, 6.07) is 13.3. The average Bonchev–Trinajstić information content (AvgIpc) is 2.60. The SMILES string of the molecule is CCCC/C(=C\c1ccc(OC)cc1)Cc1cc(O)ccc1OC. The maximum atomic E-state index is 9.78. The van der Waals surface area contributed by atoms with E-state index >= 15 is 0 Å². The molecule has 0 radical (unpaired) electrons. The molecule has 0 heterocycles. The minimum atomic E-state index is 0.269. The average molecular weight is 326 g/mol. The van der Waals surface area contributed by atoms with Crippen molar-refractivity contribution in [3.8, 4) is 17.2 Å². The van der Waals surface area contributed by atoms with Crippen LogP contribution in [-0.4, -0.2) is 19.3 Å². The van der Waals surface area contributed by atoms with Gasteiger partial charge in [0.1, 0.15) is 17.2 Å². The molecule has 0 aromatic heterocycles. The van der Waals surface area contributed by atoms with Gasteiger partial charge in [-0.1, -0.05) is 37.1 Å². The molecule has 3 heteroatoms. The van der Waals surface area contributed by atoms with Crippen LogP contribution in [0, 0.1) is 0 Å². The van der Waals surface area contributed by atoms with Gasteiger partial charge in [-0.25, -0.2) is 0 Å². The maximum absolute atomic E-state index is 9.78. The molecule has 2 rings (SSSR count). The summed E-state index contributed by atoms with van der Waals surface area (Å²) in [4.78, 5) is 0. The number of phenolic OH excluding ortho intramolecular Hbond substituents is 1. The van der Waals surface area contributed by atoms with Crippen LogP contribution < -0.4 is 9.47 Å². The Bertz CT molecular complexity index is 672. The highest BCUT2D eigenvalue weighted by Crippen LogP contribution is 2.28. The number of allylic oxidation sites excluding steroid dienone is 1. The van der Waals surface area contributed by atoms with E-state index in [4.69, 9.17) is 9.47 Å². The number of aromatic hydroxyl groups is 1. The zero-order valence-corrected chi connectivity index (χ0v) is 14.7. The molecule has 0 aliphatic heterocycles. The first-order valence-corrected chi connectivity index (χ1v) is 8.35. The Morgan fingerprint density at radius 1 is 1.04 bits per heavy atom. The van der Waals surface area contributed by atoms with Crippen LogP contribution in [0.4, 0.5) is 0 Å².